The fourth-order valence-corrected chi connectivity index (χ4v) is 4.46. The van der Waals surface area contributed by atoms with Gasteiger partial charge in [-0.1, -0.05) is 18.2 Å². The first-order chi connectivity index (χ1) is 14.0. The highest BCUT2D eigenvalue weighted by molar-refractivity contribution is 7.19. The van der Waals surface area contributed by atoms with Crippen LogP contribution >= 0.6 is 23.7 Å². The van der Waals surface area contributed by atoms with Crippen molar-refractivity contribution in [3.8, 4) is 0 Å². The van der Waals surface area contributed by atoms with E-state index in [1.165, 1.54) is 10.1 Å². The van der Waals surface area contributed by atoms with Gasteiger partial charge in [0, 0.05) is 41.0 Å². The van der Waals surface area contributed by atoms with E-state index in [0.29, 0.717) is 25.5 Å². The minimum Gasteiger partial charge on any atom is -0.337 e. The van der Waals surface area contributed by atoms with Crippen molar-refractivity contribution in [2.45, 2.75) is 13.1 Å². The molecule has 0 unspecified atom stereocenters. The minimum atomic E-state index is -0.0694. The van der Waals surface area contributed by atoms with E-state index in [1.54, 1.807) is 41.6 Å². The summed E-state index contributed by atoms with van der Waals surface area (Å²) < 4.78 is 1.23. The molecule has 3 heterocycles. The summed E-state index contributed by atoms with van der Waals surface area (Å²) in [5.74, 6) is 0.451. The minimum absolute atomic E-state index is 0. The van der Waals surface area contributed by atoms with Crippen LogP contribution < -0.4 is 5.32 Å². The molecule has 156 valence electrons. The third-order valence-corrected chi connectivity index (χ3v) is 5.86. The quantitative estimate of drug-likeness (QED) is 0.624. The number of hydrogen-bond acceptors (Lipinski definition) is 5. The maximum Gasteiger partial charge on any atom is 0.246 e. The highest BCUT2D eigenvalue weighted by Crippen LogP contribution is 2.26. The molecule has 6 nitrogen and oxygen atoms in total. The topological polar surface area (TPSA) is 65.5 Å². The first-order valence-corrected chi connectivity index (χ1v) is 10.2. The second-order valence-electron chi connectivity index (χ2n) is 7.28. The second-order valence-corrected chi connectivity index (χ2v) is 8.44. The first-order valence-electron chi connectivity index (χ1n) is 9.36. The third kappa shape index (κ3) is 5.05. The van der Waals surface area contributed by atoms with E-state index in [2.05, 4.69) is 28.5 Å². The molecule has 3 aromatic rings. The smallest absolute Gasteiger partial charge is 0.246 e. The molecule has 0 saturated carbocycles. The molecule has 1 N–H and O–H groups in total. The lowest BCUT2D eigenvalue weighted by Crippen LogP contribution is -2.26. The maximum atomic E-state index is 12.5. The van der Waals surface area contributed by atoms with Crippen LogP contribution in [0.2, 0.25) is 0 Å². The Balaban J connectivity index is 0.00000256. The summed E-state index contributed by atoms with van der Waals surface area (Å²) in [5.41, 5.74) is 1.77. The van der Waals surface area contributed by atoms with Gasteiger partial charge in [-0.2, -0.15) is 0 Å². The van der Waals surface area contributed by atoms with Crippen LogP contribution in [0.3, 0.4) is 0 Å². The molecule has 0 atom stereocenters. The molecule has 0 fully saturated rings. The Labute approximate surface area is 185 Å². The van der Waals surface area contributed by atoms with Crippen molar-refractivity contribution in [1.29, 1.82) is 0 Å². The van der Waals surface area contributed by atoms with E-state index in [4.69, 9.17) is 0 Å². The van der Waals surface area contributed by atoms with Crippen LogP contribution in [-0.4, -0.2) is 47.2 Å². The van der Waals surface area contributed by atoms with Gasteiger partial charge < -0.3 is 10.2 Å². The molecular formula is C22H23ClN4O2S. The van der Waals surface area contributed by atoms with Crippen LogP contribution in [0.25, 0.3) is 16.2 Å². The average molecular weight is 443 g/mol. The van der Waals surface area contributed by atoms with Gasteiger partial charge in [0.1, 0.15) is 5.82 Å². The number of fused-ring (bicyclic) bond motifs is 2. The third-order valence-electron chi connectivity index (χ3n) is 4.76. The monoisotopic (exact) mass is 442 g/mol. The Morgan fingerprint density at radius 2 is 2.10 bits per heavy atom. The number of thiophene rings is 1. The molecule has 1 aliphatic rings. The number of halogens is 1. The summed E-state index contributed by atoms with van der Waals surface area (Å²) in [5, 5.41) is 4.02. The Morgan fingerprint density at radius 3 is 2.90 bits per heavy atom. The van der Waals surface area contributed by atoms with Gasteiger partial charge in [-0.15, -0.1) is 23.7 Å². The zero-order valence-corrected chi connectivity index (χ0v) is 18.4. The molecule has 30 heavy (non-hydrogen) atoms. The molecule has 0 spiro atoms. The summed E-state index contributed by atoms with van der Waals surface area (Å²) in [6.45, 7) is 1.53. The number of nitrogens with one attached hydrogen (secondary N) is 1. The molecule has 1 aliphatic heterocycles. The summed E-state index contributed by atoms with van der Waals surface area (Å²) >= 11 is 1.71. The van der Waals surface area contributed by atoms with Gasteiger partial charge >= 0.3 is 0 Å². The number of anilines is 1. The van der Waals surface area contributed by atoms with Crippen LogP contribution in [0.1, 0.15) is 16.0 Å². The van der Waals surface area contributed by atoms with Gasteiger partial charge in [0.2, 0.25) is 11.8 Å². The van der Waals surface area contributed by atoms with Gasteiger partial charge in [0.05, 0.1) is 13.1 Å². The number of nitrogens with zero attached hydrogens (tertiary/aromatic N) is 3. The average Bonchev–Trinajstić information content (AvgIpc) is 3.02. The van der Waals surface area contributed by atoms with Crippen molar-refractivity contribution in [2.24, 2.45) is 0 Å². The normalized spacial score (nSPS) is 14.1. The summed E-state index contributed by atoms with van der Waals surface area (Å²) in [6, 6.07) is 12.3. The molecule has 2 amide bonds. The van der Waals surface area contributed by atoms with Crippen LogP contribution in [0, 0.1) is 0 Å². The van der Waals surface area contributed by atoms with Crippen molar-refractivity contribution in [3.05, 3.63) is 64.7 Å². The highest BCUT2D eigenvalue weighted by Gasteiger charge is 2.17. The molecule has 1 aromatic carbocycles. The van der Waals surface area contributed by atoms with E-state index in [0.717, 1.165) is 16.0 Å². The van der Waals surface area contributed by atoms with Crippen molar-refractivity contribution in [2.75, 3.05) is 26.0 Å². The van der Waals surface area contributed by atoms with Crippen molar-refractivity contribution in [1.82, 2.24) is 14.8 Å². The SMILES string of the molecule is CN1CC(=O)Nc2ncc(/C=C/C(=O)N(C)Cc3cc4ccccc4s3)cc2C1.Cl. The number of carbonyl (C=O) groups excluding carboxylic acids is 2. The Hall–Kier alpha value is -2.74. The zero-order valence-electron chi connectivity index (χ0n) is 16.8. The second kappa shape index (κ2) is 9.38. The number of rotatable bonds is 4. The Bertz CT molecular complexity index is 1080. The lowest BCUT2D eigenvalue weighted by molar-refractivity contribution is -0.125. The largest absolute Gasteiger partial charge is 0.337 e. The molecule has 0 saturated heterocycles. The van der Waals surface area contributed by atoms with Gasteiger partial charge in [0.15, 0.2) is 0 Å². The standard InChI is InChI=1S/C22H22N4O2S.ClH/c1-25-12-17-9-15(11-23-22(17)24-20(27)14-25)7-8-21(28)26(2)13-18-10-16-5-3-4-6-19(16)29-18;/h3-11H,12-14H2,1-2H3,(H,23,24,27);1H/b8-7+;. The highest BCUT2D eigenvalue weighted by atomic mass is 35.5. The molecule has 0 radical (unpaired) electrons. The van der Waals surface area contributed by atoms with Gasteiger partial charge in [-0.3, -0.25) is 14.5 Å². The predicted molar refractivity (Wildman–Crippen MR) is 124 cm³/mol. The number of carbonyl (C=O) groups is 2. The van der Waals surface area contributed by atoms with E-state index in [9.17, 15) is 9.59 Å². The molecular weight excluding hydrogens is 420 g/mol. The van der Waals surface area contributed by atoms with Crippen molar-refractivity contribution < 1.29 is 9.59 Å². The van der Waals surface area contributed by atoms with Crippen LogP contribution in [0.5, 0.6) is 0 Å². The fraction of sp³-hybridized carbons (Fsp3) is 0.227. The van der Waals surface area contributed by atoms with E-state index < -0.39 is 0 Å². The van der Waals surface area contributed by atoms with E-state index in [1.807, 2.05) is 30.1 Å². The summed E-state index contributed by atoms with van der Waals surface area (Å²) in [6.07, 6.45) is 5.00. The van der Waals surface area contributed by atoms with Crippen LogP contribution in [0.15, 0.2) is 48.7 Å². The molecule has 2 aromatic heterocycles. The predicted octanol–water partition coefficient (Wildman–Crippen LogP) is 3.77. The Kier molecular flexibility index (Phi) is 6.87. The van der Waals surface area contributed by atoms with Crippen LogP contribution in [-0.2, 0) is 22.7 Å². The van der Waals surface area contributed by atoms with Crippen molar-refractivity contribution in [3.63, 3.8) is 0 Å². The first kappa shape index (κ1) is 22.0. The lowest BCUT2D eigenvalue weighted by Gasteiger charge is -2.14. The van der Waals surface area contributed by atoms with E-state index in [-0.39, 0.29) is 24.2 Å². The lowest BCUT2D eigenvalue weighted by atomic mass is 10.1. The van der Waals surface area contributed by atoms with Crippen LogP contribution in [0.4, 0.5) is 5.82 Å². The number of aromatic nitrogens is 1. The maximum absolute atomic E-state index is 12.5. The number of hydrogen-bond donors (Lipinski definition) is 1. The summed E-state index contributed by atoms with van der Waals surface area (Å²) in [4.78, 5) is 33.4. The number of pyridine rings is 1. The molecule has 4 rings (SSSR count). The number of benzene rings is 1. The molecule has 8 heteroatoms. The molecule has 0 aliphatic carbocycles. The fourth-order valence-electron chi connectivity index (χ4n) is 3.34. The number of amides is 2. The van der Waals surface area contributed by atoms with Crippen molar-refractivity contribution >= 4 is 57.5 Å². The molecule has 0 bridgehead atoms. The summed E-state index contributed by atoms with van der Waals surface area (Å²) in [7, 11) is 3.69. The van der Waals surface area contributed by atoms with Gasteiger partial charge in [-0.25, -0.2) is 4.98 Å². The van der Waals surface area contributed by atoms with Gasteiger partial charge in [0.25, 0.3) is 0 Å². The number of likely N-dealkylation sites (N-methyl/N-ethyl adjacent to an activating group) is 2. The van der Waals surface area contributed by atoms with E-state index >= 15 is 0 Å². The Morgan fingerprint density at radius 1 is 1.30 bits per heavy atom. The zero-order chi connectivity index (χ0) is 20.4. The van der Waals surface area contributed by atoms with Gasteiger partial charge in [-0.05, 0) is 42.3 Å².